The van der Waals surface area contributed by atoms with Gasteiger partial charge in [-0.25, -0.2) is 15.0 Å². The molecule has 342 valence electrons. The topological polar surface area (TPSA) is 226 Å². The van der Waals surface area contributed by atoms with E-state index in [-0.39, 0.29) is 42.4 Å². The summed E-state index contributed by atoms with van der Waals surface area (Å²) < 4.78 is 11.8. The average molecular weight is 922 g/mol. The van der Waals surface area contributed by atoms with Crippen LogP contribution < -0.4 is 26.8 Å². The van der Waals surface area contributed by atoms with Gasteiger partial charge in [0.05, 0.1) is 39.6 Å². The molecule has 2 aliphatic rings. The zero-order valence-electron chi connectivity index (χ0n) is 37.3. The number of nitrogens with zero attached hydrogens (tertiary/aromatic N) is 9. The molecule has 20 heteroatoms. The first-order valence-electron chi connectivity index (χ1n) is 21.9. The van der Waals surface area contributed by atoms with Crippen molar-refractivity contribution in [3.05, 3.63) is 80.6 Å². The van der Waals surface area contributed by atoms with Gasteiger partial charge in [-0.2, -0.15) is 5.10 Å². The van der Waals surface area contributed by atoms with Crippen LogP contribution in [0, 0.1) is 13.8 Å². The Hall–Kier alpha value is -6.09. The number of thiazole rings is 1. The fraction of sp³-hybridized carbons (Fsp3) is 0.422. The van der Waals surface area contributed by atoms with Gasteiger partial charge >= 0.3 is 0 Å². The lowest BCUT2D eigenvalue weighted by atomic mass is 10.1. The second-order valence-corrected chi connectivity index (χ2v) is 18.3. The molecule has 1 saturated carbocycles. The van der Waals surface area contributed by atoms with Crippen molar-refractivity contribution in [2.45, 2.75) is 83.9 Å². The third kappa shape index (κ3) is 9.95. The molecule has 6 N–H and O–H groups in total. The number of imidazole rings is 2. The van der Waals surface area contributed by atoms with E-state index in [9.17, 15) is 19.2 Å². The first kappa shape index (κ1) is 45.5. The lowest BCUT2D eigenvalue weighted by Gasteiger charge is -2.34. The predicted molar refractivity (Wildman–Crippen MR) is 253 cm³/mol. The second-order valence-electron chi connectivity index (χ2n) is 16.2. The summed E-state index contributed by atoms with van der Waals surface area (Å²) in [5.41, 5.74) is 16.0. The van der Waals surface area contributed by atoms with Crippen molar-refractivity contribution in [1.82, 2.24) is 43.7 Å². The molecule has 6 aromatic rings. The zero-order chi connectivity index (χ0) is 45.9. The number of rotatable bonds is 19. The van der Waals surface area contributed by atoms with Crippen LogP contribution in [0.15, 0.2) is 47.4 Å². The van der Waals surface area contributed by atoms with E-state index in [1.54, 1.807) is 35.0 Å². The molecule has 1 saturated heterocycles. The molecule has 0 bridgehead atoms. The van der Waals surface area contributed by atoms with Crippen LogP contribution in [0.1, 0.15) is 90.4 Å². The van der Waals surface area contributed by atoms with Crippen molar-refractivity contribution in [2.24, 2.45) is 11.5 Å². The molecule has 4 aromatic heterocycles. The monoisotopic (exact) mass is 921 g/mol. The number of carbonyl (C=O) groups excluding carboxylic acids is 4. The van der Waals surface area contributed by atoms with E-state index in [4.69, 9.17) is 26.2 Å². The van der Waals surface area contributed by atoms with Gasteiger partial charge < -0.3 is 30.2 Å². The zero-order valence-corrected chi connectivity index (χ0v) is 39.0. The molecule has 1 aliphatic heterocycles. The number of thioether (sulfide) groups is 1. The van der Waals surface area contributed by atoms with Gasteiger partial charge in [0, 0.05) is 74.4 Å². The van der Waals surface area contributed by atoms with Crippen LogP contribution in [0.25, 0.3) is 22.1 Å². The minimum absolute atomic E-state index is 0.219. The van der Waals surface area contributed by atoms with Gasteiger partial charge in [-0.15, -0.1) is 23.1 Å². The Morgan fingerprint density at radius 3 is 2.09 bits per heavy atom. The summed E-state index contributed by atoms with van der Waals surface area (Å²) >= 11 is 2.74. The smallest absolute Gasteiger partial charge is 0.276 e. The summed E-state index contributed by atoms with van der Waals surface area (Å²) in [7, 11) is 0. The Kier molecular flexibility index (Phi) is 13.7. The highest BCUT2D eigenvalue weighted by atomic mass is 32.2. The Labute approximate surface area is 384 Å². The highest BCUT2D eigenvalue weighted by Crippen LogP contribution is 2.34. The number of aryl methyl sites for hydroxylation is 4. The Morgan fingerprint density at radius 1 is 0.846 bits per heavy atom. The van der Waals surface area contributed by atoms with Crippen LogP contribution in [-0.4, -0.2) is 119 Å². The average Bonchev–Trinajstić information content (AvgIpc) is 3.63. The maximum atomic E-state index is 13.9. The normalized spacial score (nSPS) is 14.8. The lowest BCUT2D eigenvalue weighted by Crippen LogP contribution is -2.47. The van der Waals surface area contributed by atoms with Gasteiger partial charge in [0.1, 0.15) is 21.8 Å². The van der Waals surface area contributed by atoms with Gasteiger partial charge in [-0.3, -0.25) is 39.4 Å². The van der Waals surface area contributed by atoms with E-state index in [2.05, 4.69) is 30.5 Å². The molecule has 18 nitrogen and oxygen atoms in total. The van der Waals surface area contributed by atoms with E-state index in [1.165, 1.54) is 35.9 Å². The number of allylic oxidation sites excluding steroid dienone is 2. The SMILES string of the molecule is CCc1nc(C)sc1C(=O)Nc1nc2cc(C(N)=O)cc(OCCCN3CCN(C4CC4)CC3)c2n1C/C=C/Cn1c(NC(=O)c2cc(C)nn2CC)nc2cc(C(N)=O)cc(SC)c21. The van der Waals surface area contributed by atoms with Gasteiger partial charge in [0.15, 0.2) is 0 Å². The fourth-order valence-corrected chi connectivity index (χ4v) is 9.91. The Balaban J connectivity index is 1.12. The predicted octanol–water partition coefficient (Wildman–Crippen LogP) is 5.47. The van der Waals surface area contributed by atoms with Gasteiger partial charge in [0.2, 0.25) is 23.7 Å². The molecule has 1 aliphatic carbocycles. The summed E-state index contributed by atoms with van der Waals surface area (Å²) in [6.45, 7) is 14.0. The van der Waals surface area contributed by atoms with Crippen LogP contribution in [0.2, 0.25) is 0 Å². The van der Waals surface area contributed by atoms with Crippen molar-refractivity contribution >= 4 is 80.7 Å². The summed E-state index contributed by atoms with van der Waals surface area (Å²) in [4.78, 5) is 73.1. The fourth-order valence-electron chi connectivity index (χ4n) is 8.36. The van der Waals surface area contributed by atoms with Crippen molar-refractivity contribution < 1.29 is 23.9 Å². The van der Waals surface area contributed by atoms with E-state index in [0.717, 1.165) is 55.1 Å². The number of hydrogen-bond donors (Lipinski definition) is 4. The minimum Gasteiger partial charge on any atom is -0.491 e. The quantitative estimate of drug-likeness (QED) is 0.0451. The number of ether oxygens (including phenoxy) is 1. The first-order valence-corrected chi connectivity index (χ1v) is 24.0. The standard InChI is InChI=1S/C45H55N13O5S2/c1-6-31-39(65-27(4)48-31)43(62)52-45-49-32-22-28(40(46)59)24-35(63-20-10-13-54-16-18-55(19-17-54)30-11-12-30)37(32)56(45)14-8-9-15-57-38-33(23-29(41(47)60)25-36(38)64-5)50-44(57)51-42(61)34-21-26(3)53-58(34)7-2/h8-9,21-25,30H,6-7,10-20H2,1-5H3,(H2,46,59)(H2,47,60)(H,49,52,62)(H,50,51,61)/b9-8+. The number of amides is 4. The van der Waals surface area contributed by atoms with Crippen molar-refractivity contribution in [3.8, 4) is 5.75 Å². The Bertz CT molecular complexity index is 2810. The highest BCUT2D eigenvalue weighted by molar-refractivity contribution is 7.98. The summed E-state index contributed by atoms with van der Waals surface area (Å²) in [5.74, 6) is -1.03. The third-order valence-electron chi connectivity index (χ3n) is 11.7. The van der Waals surface area contributed by atoms with Crippen LogP contribution in [0.3, 0.4) is 0 Å². The molecular weight excluding hydrogens is 867 g/mol. The van der Waals surface area contributed by atoms with Gasteiger partial charge in [0.25, 0.3) is 11.8 Å². The van der Waals surface area contributed by atoms with Crippen LogP contribution >= 0.6 is 23.1 Å². The maximum Gasteiger partial charge on any atom is 0.276 e. The first-order chi connectivity index (χ1) is 31.3. The number of nitrogens with one attached hydrogen (secondary N) is 2. The molecule has 0 spiro atoms. The van der Waals surface area contributed by atoms with Crippen LogP contribution in [0.4, 0.5) is 11.9 Å². The van der Waals surface area contributed by atoms with E-state index >= 15 is 0 Å². The minimum atomic E-state index is -0.629. The maximum absolute atomic E-state index is 13.9. The summed E-state index contributed by atoms with van der Waals surface area (Å²) in [6, 6.07) is 9.07. The summed E-state index contributed by atoms with van der Waals surface area (Å²) in [6.07, 6.45) is 9.70. The molecule has 65 heavy (non-hydrogen) atoms. The summed E-state index contributed by atoms with van der Waals surface area (Å²) in [5, 5.41) is 11.2. The number of nitrogens with two attached hydrogens (primary N) is 2. The van der Waals surface area contributed by atoms with Gasteiger partial charge in [-0.1, -0.05) is 19.1 Å². The van der Waals surface area contributed by atoms with E-state index in [0.29, 0.717) is 74.9 Å². The second kappa shape index (κ2) is 19.6. The number of aromatic nitrogens is 7. The molecule has 0 radical (unpaired) electrons. The largest absolute Gasteiger partial charge is 0.491 e. The number of hydrogen-bond acceptors (Lipinski definition) is 13. The molecule has 2 fully saturated rings. The number of carbonyl (C=O) groups is 4. The number of fused-ring (bicyclic) bond motifs is 2. The molecule has 2 aromatic carbocycles. The number of benzene rings is 2. The molecule has 0 atom stereocenters. The van der Waals surface area contributed by atoms with Gasteiger partial charge in [-0.05, 0) is 83.0 Å². The van der Waals surface area contributed by atoms with Crippen LogP contribution in [-0.2, 0) is 26.1 Å². The molecular formula is C45H55N13O5S2. The van der Waals surface area contributed by atoms with E-state index in [1.807, 2.05) is 55.2 Å². The lowest BCUT2D eigenvalue weighted by molar-refractivity contribution is 0.0991. The number of piperazine rings is 1. The number of primary amides is 2. The highest BCUT2D eigenvalue weighted by Gasteiger charge is 2.31. The van der Waals surface area contributed by atoms with Crippen molar-refractivity contribution in [3.63, 3.8) is 0 Å². The molecule has 0 unspecified atom stereocenters. The molecule has 4 amide bonds. The third-order valence-corrected chi connectivity index (χ3v) is 13.5. The number of anilines is 2. The van der Waals surface area contributed by atoms with E-state index < -0.39 is 11.8 Å². The van der Waals surface area contributed by atoms with Crippen molar-refractivity contribution in [1.29, 1.82) is 0 Å². The molecule has 5 heterocycles. The van der Waals surface area contributed by atoms with Crippen molar-refractivity contribution in [2.75, 3.05) is 56.2 Å². The molecule has 8 rings (SSSR count). The van der Waals surface area contributed by atoms with Crippen LogP contribution in [0.5, 0.6) is 5.75 Å². The Morgan fingerprint density at radius 2 is 1.48 bits per heavy atom.